The zero-order chi connectivity index (χ0) is 19.8. The number of aryl methyl sites for hydroxylation is 1. The fraction of sp³-hybridized carbons (Fsp3) is 0.235. The van der Waals surface area contributed by atoms with Crippen molar-refractivity contribution in [3.63, 3.8) is 0 Å². The van der Waals surface area contributed by atoms with Crippen LogP contribution in [-0.2, 0) is 16.9 Å². The highest BCUT2D eigenvalue weighted by atomic mass is 19.4. The van der Waals surface area contributed by atoms with Crippen molar-refractivity contribution < 1.29 is 27.5 Å². The van der Waals surface area contributed by atoms with E-state index in [2.05, 4.69) is 15.4 Å². The number of amides is 3. The number of halogens is 3. The number of pyridine rings is 1. The van der Waals surface area contributed by atoms with E-state index in [9.17, 15) is 27.6 Å². The maximum atomic E-state index is 12.5. The number of imide groups is 1. The molecule has 0 aliphatic carbocycles. The first-order chi connectivity index (χ1) is 12.6. The van der Waals surface area contributed by atoms with Crippen LogP contribution in [0.15, 0.2) is 47.4 Å². The molecule has 0 spiro atoms. The van der Waals surface area contributed by atoms with Gasteiger partial charge in [0, 0.05) is 11.8 Å². The van der Waals surface area contributed by atoms with E-state index < -0.39 is 29.6 Å². The molecule has 1 atom stereocenters. The van der Waals surface area contributed by atoms with Gasteiger partial charge in [-0.25, -0.2) is 4.79 Å². The zero-order valence-corrected chi connectivity index (χ0v) is 14.0. The Morgan fingerprint density at radius 1 is 1.11 bits per heavy atom. The summed E-state index contributed by atoms with van der Waals surface area (Å²) in [6.07, 6.45) is -3.40. The Kier molecular flexibility index (Phi) is 4.42. The molecule has 1 aliphatic rings. The number of ether oxygens (including phenoxy) is 1. The van der Waals surface area contributed by atoms with Crippen molar-refractivity contribution >= 4 is 11.9 Å². The van der Waals surface area contributed by atoms with Gasteiger partial charge in [-0.3, -0.25) is 14.9 Å². The van der Waals surface area contributed by atoms with Crippen LogP contribution in [0, 0.1) is 6.92 Å². The summed E-state index contributed by atoms with van der Waals surface area (Å²) in [6.45, 7) is 1.37. The summed E-state index contributed by atoms with van der Waals surface area (Å²) >= 11 is 0. The van der Waals surface area contributed by atoms with Crippen molar-refractivity contribution in [2.75, 3.05) is 0 Å². The van der Waals surface area contributed by atoms with Crippen molar-refractivity contribution in [2.24, 2.45) is 0 Å². The van der Waals surface area contributed by atoms with Crippen molar-refractivity contribution in [2.45, 2.75) is 25.4 Å². The molecule has 1 aromatic carbocycles. The van der Waals surface area contributed by atoms with E-state index in [1.165, 1.54) is 22.9 Å². The topological polar surface area (TPSA) is 89.4 Å². The fourth-order valence-electron chi connectivity index (χ4n) is 2.88. The number of hydrogen-bond donors (Lipinski definition) is 2. The summed E-state index contributed by atoms with van der Waals surface area (Å²) in [7, 11) is 0. The maximum Gasteiger partial charge on any atom is 0.573 e. The quantitative estimate of drug-likeness (QED) is 0.791. The van der Waals surface area contributed by atoms with Crippen molar-refractivity contribution in [3.05, 3.63) is 64.1 Å². The Morgan fingerprint density at radius 2 is 1.78 bits per heavy atom. The first-order valence-electron chi connectivity index (χ1n) is 7.77. The number of nitrogens with zero attached hydrogens (tertiary/aromatic N) is 1. The number of benzene rings is 1. The monoisotopic (exact) mass is 381 g/mol. The molecule has 27 heavy (non-hydrogen) atoms. The third-order valence-electron chi connectivity index (χ3n) is 4.14. The molecule has 2 aromatic rings. The predicted molar refractivity (Wildman–Crippen MR) is 86.9 cm³/mol. The summed E-state index contributed by atoms with van der Waals surface area (Å²) in [5.74, 6) is -1.19. The van der Waals surface area contributed by atoms with Gasteiger partial charge < -0.3 is 14.6 Å². The number of urea groups is 1. The lowest BCUT2D eigenvalue weighted by molar-refractivity contribution is -0.274. The smallest absolute Gasteiger partial charge is 0.406 e. The summed E-state index contributed by atoms with van der Waals surface area (Å²) in [5.41, 5.74) is -1.37. The van der Waals surface area contributed by atoms with Gasteiger partial charge in [-0.15, -0.1) is 13.2 Å². The van der Waals surface area contributed by atoms with Crippen molar-refractivity contribution in [1.82, 2.24) is 15.2 Å². The van der Waals surface area contributed by atoms with Crippen molar-refractivity contribution in [1.29, 1.82) is 0 Å². The first kappa shape index (κ1) is 18.5. The van der Waals surface area contributed by atoms with E-state index >= 15 is 0 Å². The van der Waals surface area contributed by atoms with Crippen LogP contribution in [0.25, 0.3) is 0 Å². The summed E-state index contributed by atoms with van der Waals surface area (Å²) in [6, 6.07) is 6.96. The van der Waals surface area contributed by atoms with E-state index in [0.29, 0.717) is 5.56 Å². The van der Waals surface area contributed by atoms with Crippen LogP contribution in [0.1, 0.15) is 11.1 Å². The summed E-state index contributed by atoms with van der Waals surface area (Å²) in [5, 5.41) is 4.57. The van der Waals surface area contributed by atoms with E-state index in [1.807, 2.05) is 0 Å². The minimum Gasteiger partial charge on any atom is -0.406 e. The van der Waals surface area contributed by atoms with Gasteiger partial charge in [-0.05, 0) is 30.7 Å². The second-order valence-electron chi connectivity index (χ2n) is 6.01. The highest BCUT2D eigenvalue weighted by Gasteiger charge is 2.48. The molecule has 10 heteroatoms. The molecular weight excluding hydrogens is 367 g/mol. The van der Waals surface area contributed by atoms with Gasteiger partial charge in [0.25, 0.3) is 11.5 Å². The Labute approximate surface area is 150 Å². The van der Waals surface area contributed by atoms with Crippen LogP contribution in [0.2, 0.25) is 0 Å². The van der Waals surface area contributed by atoms with Gasteiger partial charge >= 0.3 is 12.4 Å². The molecule has 1 aromatic heterocycles. The number of carbonyl (C=O) groups is 2. The van der Waals surface area contributed by atoms with Gasteiger partial charge in [0.15, 0.2) is 5.54 Å². The van der Waals surface area contributed by atoms with E-state index in [4.69, 9.17) is 0 Å². The molecule has 2 heterocycles. The van der Waals surface area contributed by atoms with Crippen LogP contribution >= 0.6 is 0 Å². The van der Waals surface area contributed by atoms with Crippen LogP contribution in [0.4, 0.5) is 18.0 Å². The van der Waals surface area contributed by atoms with Crippen LogP contribution in [0.5, 0.6) is 5.75 Å². The molecule has 1 saturated heterocycles. The lowest BCUT2D eigenvalue weighted by Crippen LogP contribution is -2.49. The SMILES string of the molecule is Cc1cccn(CC2(c3ccc(OC(F)(F)F)cc3)NC(=O)NC2=O)c1=O. The molecule has 2 N–H and O–H groups in total. The molecule has 1 unspecified atom stereocenters. The Hall–Kier alpha value is -3.30. The van der Waals surface area contributed by atoms with Gasteiger partial charge in [-0.1, -0.05) is 18.2 Å². The molecule has 3 amide bonds. The number of carbonyl (C=O) groups excluding carboxylic acids is 2. The average Bonchev–Trinajstić information content (AvgIpc) is 2.85. The lowest BCUT2D eigenvalue weighted by atomic mass is 9.89. The molecule has 1 fully saturated rings. The maximum absolute atomic E-state index is 12.5. The third-order valence-corrected chi connectivity index (χ3v) is 4.14. The summed E-state index contributed by atoms with van der Waals surface area (Å²) < 4.78 is 42.0. The normalized spacial score (nSPS) is 19.6. The van der Waals surface area contributed by atoms with Crippen molar-refractivity contribution in [3.8, 4) is 5.75 Å². The minimum atomic E-state index is -4.85. The minimum absolute atomic E-state index is 0.203. The van der Waals surface area contributed by atoms with E-state index in [0.717, 1.165) is 12.1 Å². The molecule has 0 bridgehead atoms. The van der Waals surface area contributed by atoms with Gasteiger partial charge in [0.2, 0.25) is 0 Å². The average molecular weight is 381 g/mol. The largest absolute Gasteiger partial charge is 0.573 e. The highest BCUT2D eigenvalue weighted by molar-refractivity contribution is 6.07. The molecular formula is C17H14F3N3O4. The molecule has 3 rings (SSSR count). The van der Waals surface area contributed by atoms with Crippen LogP contribution in [0.3, 0.4) is 0 Å². The van der Waals surface area contributed by atoms with Gasteiger partial charge in [-0.2, -0.15) is 0 Å². The lowest BCUT2D eigenvalue weighted by Gasteiger charge is -2.27. The second-order valence-corrected chi connectivity index (χ2v) is 6.01. The molecule has 0 radical (unpaired) electrons. The van der Waals surface area contributed by atoms with E-state index in [-0.39, 0.29) is 17.7 Å². The highest BCUT2D eigenvalue weighted by Crippen LogP contribution is 2.30. The number of nitrogens with one attached hydrogen (secondary N) is 2. The molecule has 1 aliphatic heterocycles. The number of aromatic nitrogens is 1. The zero-order valence-electron chi connectivity index (χ0n) is 14.0. The van der Waals surface area contributed by atoms with Crippen LogP contribution < -0.4 is 20.9 Å². The Morgan fingerprint density at radius 3 is 2.33 bits per heavy atom. The first-order valence-corrected chi connectivity index (χ1v) is 7.77. The molecule has 142 valence electrons. The number of rotatable bonds is 4. The van der Waals surface area contributed by atoms with Crippen LogP contribution in [-0.4, -0.2) is 22.9 Å². The second kappa shape index (κ2) is 6.45. The van der Waals surface area contributed by atoms with E-state index in [1.54, 1.807) is 19.1 Å². The predicted octanol–water partition coefficient (Wildman–Crippen LogP) is 1.79. The van der Waals surface area contributed by atoms with Gasteiger partial charge in [0.05, 0.1) is 6.54 Å². The standard InChI is InChI=1S/C17H14F3N3O4/c1-10-3-2-8-23(13(10)24)9-16(14(25)21-15(26)22-16)11-4-6-12(7-5-11)27-17(18,19)20/h2-8H,9H2,1H3,(H2,21,22,25,26). The third kappa shape index (κ3) is 3.64. The Balaban J connectivity index is 2.02. The van der Waals surface area contributed by atoms with Gasteiger partial charge in [0.1, 0.15) is 5.75 Å². The fourth-order valence-corrected chi connectivity index (χ4v) is 2.88. The summed E-state index contributed by atoms with van der Waals surface area (Å²) in [4.78, 5) is 36.5. The number of alkyl halides is 3. The molecule has 0 saturated carbocycles. The Bertz CT molecular complexity index is 953. The molecule has 7 nitrogen and oxygen atoms in total. The number of hydrogen-bond acceptors (Lipinski definition) is 4.